The Balaban J connectivity index is 1.86. The Morgan fingerprint density at radius 2 is 1.31 bits per heavy atom. The number of hydrogen-bond donors (Lipinski definition) is 4. The van der Waals surface area contributed by atoms with Gasteiger partial charge >= 0.3 is 11.9 Å². The smallest absolute Gasteiger partial charge is 0.305 e. The van der Waals surface area contributed by atoms with Gasteiger partial charge in [-0.3, -0.25) is 9.59 Å². The molecule has 0 aromatic rings. The lowest BCUT2D eigenvalue weighted by Crippen LogP contribution is -2.43. The zero-order valence-electron chi connectivity index (χ0n) is 16.5. The van der Waals surface area contributed by atoms with Crippen molar-refractivity contribution in [1.29, 1.82) is 0 Å². The topological polar surface area (TPSA) is 161 Å². The van der Waals surface area contributed by atoms with E-state index in [1.165, 1.54) is 0 Å². The molecule has 0 aromatic heterocycles. The normalized spacial score (nSPS) is 36.9. The summed E-state index contributed by atoms with van der Waals surface area (Å²) in [4.78, 5) is 22.9. The third-order valence-corrected chi connectivity index (χ3v) is 4.65. The van der Waals surface area contributed by atoms with E-state index in [1.54, 1.807) is 0 Å². The molecule has 0 spiro atoms. The van der Waals surface area contributed by atoms with Gasteiger partial charge in [0.05, 0.1) is 0 Å². The fourth-order valence-electron chi connectivity index (χ4n) is 3.03. The Morgan fingerprint density at radius 3 is 1.83 bits per heavy atom. The van der Waals surface area contributed by atoms with Crippen LogP contribution in [0.25, 0.3) is 0 Å². The fraction of sp³-hybridized carbons (Fsp3) is 0.889. The Morgan fingerprint density at radius 1 is 0.793 bits per heavy atom. The summed E-state index contributed by atoms with van der Waals surface area (Å²) in [5.74, 6) is -0.919. The first-order chi connectivity index (χ1) is 13.8. The van der Waals surface area contributed by atoms with Crippen molar-refractivity contribution in [2.45, 2.75) is 88.7 Å². The molecule has 2 aliphatic rings. The van der Waals surface area contributed by atoms with Crippen LogP contribution in [0, 0.1) is 0 Å². The van der Waals surface area contributed by atoms with Crippen LogP contribution in [0.2, 0.25) is 0 Å². The highest BCUT2D eigenvalue weighted by Gasteiger charge is 2.50. The van der Waals surface area contributed by atoms with Crippen molar-refractivity contribution in [3.05, 3.63) is 0 Å². The molecular formula is C18H30O11. The average Bonchev–Trinajstić information content (AvgIpc) is 3.10. The number of carbonyl (C=O) groups is 2. The molecule has 2 fully saturated rings. The summed E-state index contributed by atoms with van der Waals surface area (Å²) in [7, 11) is 0. The maximum absolute atomic E-state index is 11.4. The number of esters is 2. The van der Waals surface area contributed by atoms with E-state index in [4.69, 9.17) is 23.7 Å². The number of carbonyl (C=O) groups excluding carboxylic acids is 2. The Bertz CT molecular complexity index is 542. The quantitative estimate of drug-likeness (QED) is 0.306. The van der Waals surface area contributed by atoms with Crippen LogP contribution in [0.3, 0.4) is 0 Å². The van der Waals surface area contributed by atoms with Crippen LogP contribution >= 0.6 is 0 Å². The molecule has 2 rings (SSSR count). The van der Waals surface area contributed by atoms with Crippen molar-refractivity contribution in [2.75, 3.05) is 13.2 Å². The zero-order valence-corrected chi connectivity index (χ0v) is 16.5. The van der Waals surface area contributed by atoms with E-state index in [2.05, 4.69) is 0 Å². The molecule has 0 amide bonds. The van der Waals surface area contributed by atoms with Gasteiger partial charge in [0, 0.05) is 12.8 Å². The van der Waals surface area contributed by atoms with Crippen molar-refractivity contribution >= 4 is 11.9 Å². The van der Waals surface area contributed by atoms with Crippen molar-refractivity contribution in [3.63, 3.8) is 0 Å². The summed E-state index contributed by atoms with van der Waals surface area (Å²) in [6.07, 6.45) is -8.92. The minimum absolute atomic E-state index is 0.216. The molecule has 2 saturated heterocycles. The van der Waals surface area contributed by atoms with Gasteiger partial charge < -0.3 is 44.1 Å². The molecule has 2 heterocycles. The maximum Gasteiger partial charge on any atom is 0.305 e. The van der Waals surface area contributed by atoms with Gasteiger partial charge in [-0.1, -0.05) is 13.8 Å². The molecule has 0 bridgehead atoms. The largest absolute Gasteiger partial charge is 0.463 e. The van der Waals surface area contributed by atoms with E-state index in [0.717, 1.165) is 0 Å². The SMILES string of the molecule is CCCC(=O)OC[C@H]1O[C@@H](O[C@H]2[C@H](O)[C@@H](COC(=O)CCC)O[C@@H]2O)[C@@H](O)[C@@H]1O. The molecule has 168 valence electrons. The highest BCUT2D eigenvalue weighted by Crippen LogP contribution is 2.29. The highest BCUT2D eigenvalue weighted by molar-refractivity contribution is 5.69. The Kier molecular flexibility index (Phi) is 9.21. The van der Waals surface area contributed by atoms with Gasteiger partial charge in [-0.15, -0.1) is 0 Å². The summed E-state index contributed by atoms with van der Waals surface area (Å²) < 4.78 is 25.9. The van der Waals surface area contributed by atoms with Gasteiger partial charge in [-0.2, -0.15) is 0 Å². The summed E-state index contributed by atoms with van der Waals surface area (Å²) in [6.45, 7) is 3.08. The molecule has 29 heavy (non-hydrogen) atoms. The monoisotopic (exact) mass is 422 g/mol. The molecule has 11 nitrogen and oxygen atoms in total. The maximum atomic E-state index is 11.4. The third kappa shape index (κ3) is 6.32. The summed E-state index contributed by atoms with van der Waals surface area (Å²) in [5, 5.41) is 40.5. The van der Waals surface area contributed by atoms with Gasteiger partial charge in [0.1, 0.15) is 49.8 Å². The van der Waals surface area contributed by atoms with E-state index in [-0.39, 0.29) is 26.1 Å². The first-order valence-corrected chi connectivity index (χ1v) is 9.78. The van der Waals surface area contributed by atoms with Crippen LogP contribution in [0.5, 0.6) is 0 Å². The molecule has 4 N–H and O–H groups in total. The van der Waals surface area contributed by atoms with Gasteiger partial charge in [-0.05, 0) is 12.8 Å². The van der Waals surface area contributed by atoms with Crippen LogP contribution < -0.4 is 0 Å². The van der Waals surface area contributed by atoms with E-state index >= 15 is 0 Å². The van der Waals surface area contributed by atoms with E-state index < -0.39 is 61.1 Å². The van der Waals surface area contributed by atoms with Gasteiger partial charge in [-0.25, -0.2) is 0 Å². The number of aliphatic hydroxyl groups excluding tert-OH is 4. The minimum Gasteiger partial charge on any atom is -0.463 e. The first kappa shape index (κ1) is 23.9. The molecule has 0 saturated carbocycles. The van der Waals surface area contributed by atoms with Gasteiger partial charge in [0.15, 0.2) is 12.6 Å². The molecule has 0 aliphatic carbocycles. The summed E-state index contributed by atoms with van der Waals surface area (Å²) in [5.41, 5.74) is 0. The lowest BCUT2D eigenvalue weighted by Gasteiger charge is -2.23. The molecule has 0 aromatic carbocycles. The van der Waals surface area contributed by atoms with Crippen LogP contribution in [0.1, 0.15) is 39.5 Å². The van der Waals surface area contributed by atoms with Gasteiger partial charge in [0.25, 0.3) is 0 Å². The molecular weight excluding hydrogens is 392 g/mol. The predicted octanol–water partition coefficient (Wildman–Crippen LogP) is -1.42. The molecule has 0 unspecified atom stereocenters. The van der Waals surface area contributed by atoms with Gasteiger partial charge in [0.2, 0.25) is 0 Å². The Labute approximate surface area is 168 Å². The molecule has 8 atom stereocenters. The average molecular weight is 422 g/mol. The van der Waals surface area contributed by atoms with E-state index in [1.807, 2.05) is 13.8 Å². The fourth-order valence-corrected chi connectivity index (χ4v) is 3.03. The van der Waals surface area contributed by atoms with Crippen molar-refractivity contribution in [2.24, 2.45) is 0 Å². The second kappa shape index (κ2) is 11.2. The van der Waals surface area contributed by atoms with E-state index in [0.29, 0.717) is 12.8 Å². The predicted molar refractivity (Wildman–Crippen MR) is 94.2 cm³/mol. The minimum atomic E-state index is -1.56. The molecule has 0 radical (unpaired) electrons. The number of ether oxygens (including phenoxy) is 5. The number of hydrogen-bond acceptors (Lipinski definition) is 11. The van der Waals surface area contributed by atoms with Crippen LogP contribution in [0.15, 0.2) is 0 Å². The lowest BCUT2D eigenvalue weighted by atomic mass is 10.1. The van der Waals surface area contributed by atoms with Crippen molar-refractivity contribution < 1.29 is 53.7 Å². The summed E-state index contributed by atoms with van der Waals surface area (Å²) >= 11 is 0. The van der Waals surface area contributed by atoms with E-state index in [9.17, 15) is 30.0 Å². The van der Waals surface area contributed by atoms with Crippen LogP contribution in [0.4, 0.5) is 0 Å². The molecule has 11 heteroatoms. The zero-order chi connectivity index (χ0) is 21.6. The third-order valence-electron chi connectivity index (χ3n) is 4.65. The number of rotatable bonds is 10. The Hall–Kier alpha value is -1.34. The number of aliphatic hydroxyl groups is 4. The van der Waals surface area contributed by atoms with Crippen molar-refractivity contribution in [1.82, 2.24) is 0 Å². The summed E-state index contributed by atoms with van der Waals surface area (Å²) in [6, 6.07) is 0. The standard InChI is InChI=1S/C18H30O11/c1-3-5-11(19)25-7-9-13(21)15(23)18(28-9)29-16-14(22)10(27-17(16)24)8-26-12(20)6-4-2/h9-10,13-18,21-24H,3-8H2,1-2H3/t9-,10-,13-,14-,15+,16+,17+,18+/m1/s1. The second-order valence-electron chi connectivity index (χ2n) is 7.05. The molecule has 2 aliphatic heterocycles. The lowest BCUT2D eigenvalue weighted by molar-refractivity contribution is -0.236. The second-order valence-corrected chi connectivity index (χ2v) is 7.05. The van der Waals surface area contributed by atoms with Crippen LogP contribution in [-0.4, -0.2) is 94.8 Å². The van der Waals surface area contributed by atoms with Crippen molar-refractivity contribution in [3.8, 4) is 0 Å². The first-order valence-electron chi connectivity index (χ1n) is 9.78. The van der Waals surface area contributed by atoms with Crippen LogP contribution in [-0.2, 0) is 33.3 Å². The highest BCUT2D eigenvalue weighted by atomic mass is 16.7.